The maximum Gasteiger partial charge on any atom is 0.338 e. The largest absolute Gasteiger partial charge is 0.338 e. The first-order valence-corrected chi connectivity index (χ1v) is 5.16. The van der Waals surface area contributed by atoms with Crippen LogP contribution in [0.5, 0.6) is 0 Å². The van der Waals surface area contributed by atoms with Crippen LogP contribution in [0.15, 0.2) is 34.4 Å². The number of non-ortho nitro benzene ring substituents is 1. The molecule has 8 heteroatoms. The minimum Gasteiger partial charge on any atom is -0.261 e. The van der Waals surface area contributed by atoms with Crippen molar-refractivity contribution in [2.45, 2.75) is 0 Å². The SMILES string of the molecule is O=C1N=c2cc([N+](=O)[O-])c3ncccc3c2=NC1=O. The number of pyridine rings is 1. The molecule has 92 valence electrons. The number of fused-ring (bicyclic) bond motifs is 3. The molecule has 0 fully saturated rings. The molecule has 1 aliphatic heterocycles. The van der Waals surface area contributed by atoms with Crippen molar-refractivity contribution in [1.82, 2.24) is 4.98 Å². The Morgan fingerprint density at radius 3 is 2.63 bits per heavy atom. The van der Waals surface area contributed by atoms with Gasteiger partial charge in [0.05, 0.1) is 4.92 Å². The third kappa shape index (κ3) is 1.58. The van der Waals surface area contributed by atoms with Gasteiger partial charge in [-0.15, -0.1) is 0 Å². The Labute approximate surface area is 104 Å². The summed E-state index contributed by atoms with van der Waals surface area (Å²) in [5, 5.41) is 11.5. The molecule has 0 radical (unpaired) electrons. The highest BCUT2D eigenvalue weighted by Gasteiger charge is 2.21. The summed E-state index contributed by atoms with van der Waals surface area (Å²) >= 11 is 0. The zero-order valence-electron chi connectivity index (χ0n) is 9.23. The third-order valence-corrected chi connectivity index (χ3v) is 2.64. The lowest BCUT2D eigenvalue weighted by atomic mass is 10.1. The number of amides is 2. The number of nitro benzene ring substituents is 1. The Morgan fingerprint density at radius 2 is 1.89 bits per heavy atom. The molecule has 1 aromatic carbocycles. The van der Waals surface area contributed by atoms with Gasteiger partial charge in [0.15, 0.2) is 5.52 Å². The van der Waals surface area contributed by atoms with E-state index in [-0.39, 0.29) is 21.9 Å². The van der Waals surface area contributed by atoms with Crippen LogP contribution >= 0.6 is 0 Å². The summed E-state index contributed by atoms with van der Waals surface area (Å²) in [5.74, 6) is -2.03. The maximum absolute atomic E-state index is 11.3. The van der Waals surface area contributed by atoms with Crippen LogP contribution in [0.1, 0.15) is 0 Å². The number of nitro groups is 1. The average Bonchev–Trinajstić information content (AvgIpc) is 2.39. The van der Waals surface area contributed by atoms with Crippen LogP contribution in [0.4, 0.5) is 5.69 Å². The van der Waals surface area contributed by atoms with E-state index in [0.717, 1.165) is 6.07 Å². The van der Waals surface area contributed by atoms with Gasteiger partial charge in [-0.1, -0.05) is 0 Å². The van der Waals surface area contributed by atoms with Gasteiger partial charge in [0.25, 0.3) is 5.69 Å². The zero-order chi connectivity index (χ0) is 13.6. The van der Waals surface area contributed by atoms with Crippen molar-refractivity contribution in [3.8, 4) is 0 Å². The van der Waals surface area contributed by atoms with Crippen molar-refractivity contribution < 1.29 is 14.5 Å². The van der Waals surface area contributed by atoms with Gasteiger partial charge >= 0.3 is 11.8 Å². The van der Waals surface area contributed by atoms with Gasteiger partial charge in [0, 0.05) is 17.6 Å². The summed E-state index contributed by atoms with van der Waals surface area (Å²) in [6, 6.07) is 4.19. The van der Waals surface area contributed by atoms with Crippen LogP contribution in [-0.2, 0) is 9.59 Å². The van der Waals surface area contributed by atoms with E-state index in [1.54, 1.807) is 6.07 Å². The Balaban J connectivity index is 2.60. The number of hydrogen-bond acceptors (Lipinski definition) is 5. The van der Waals surface area contributed by atoms with E-state index in [1.807, 2.05) is 0 Å². The normalized spacial score (nSPS) is 13.7. The summed E-state index contributed by atoms with van der Waals surface area (Å²) < 4.78 is 0. The van der Waals surface area contributed by atoms with Crippen LogP contribution in [0, 0.1) is 10.1 Å². The van der Waals surface area contributed by atoms with Crippen molar-refractivity contribution in [2.75, 3.05) is 0 Å². The molecule has 0 aliphatic carbocycles. The van der Waals surface area contributed by atoms with Crippen molar-refractivity contribution in [2.24, 2.45) is 9.98 Å². The molecule has 2 aromatic rings. The fraction of sp³-hybridized carbons (Fsp3) is 0. The molecule has 0 saturated carbocycles. The molecular weight excluding hydrogens is 252 g/mol. The van der Waals surface area contributed by atoms with Crippen molar-refractivity contribution in [1.29, 1.82) is 0 Å². The van der Waals surface area contributed by atoms with Crippen LogP contribution < -0.4 is 10.7 Å². The van der Waals surface area contributed by atoms with Crippen LogP contribution in [0.3, 0.4) is 0 Å². The quantitative estimate of drug-likeness (QED) is 0.385. The van der Waals surface area contributed by atoms with Crippen molar-refractivity contribution in [3.63, 3.8) is 0 Å². The van der Waals surface area contributed by atoms with E-state index < -0.39 is 16.7 Å². The number of nitrogens with zero attached hydrogens (tertiary/aromatic N) is 4. The van der Waals surface area contributed by atoms with Crippen molar-refractivity contribution in [3.05, 3.63) is 45.2 Å². The first-order valence-electron chi connectivity index (χ1n) is 5.16. The summed E-state index contributed by atoms with van der Waals surface area (Å²) in [4.78, 5) is 43.8. The Kier molecular flexibility index (Phi) is 2.18. The minimum atomic E-state index is -1.04. The van der Waals surface area contributed by atoms with Crippen LogP contribution in [0.25, 0.3) is 10.9 Å². The highest BCUT2D eigenvalue weighted by Crippen LogP contribution is 2.18. The molecule has 2 amide bonds. The maximum atomic E-state index is 11.3. The smallest absolute Gasteiger partial charge is 0.261 e. The molecular formula is C11H4N4O4. The molecule has 0 spiro atoms. The molecule has 3 rings (SSSR count). The molecule has 1 aromatic heterocycles. The molecule has 2 heterocycles. The Hall–Kier alpha value is -3.03. The van der Waals surface area contributed by atoms with Crippen LogP contribution in [0.2, 0.25) is 0 Å². The van der Waals surface area contributed by atoms with Gasteiger partial charge in [-0.3, -0.25) is 19.7 Å². The summed E-state index contributed by atoms with van der Waals surface area (Å²) in [7, 11) is 0. The van der Waals surface area contributed by atoms with Gasteiger partial charge in [0.1, 0.15) is 10.7 Å². The summed E-state index contributed by atoms with van der Waals surface area (Å²) in [6.45, 7) is 0. The lowest BCUT2D eigenvalue weighted by Crippen LogP contribution is -2.35. The molecule has 8 nitrogen and oxygen atoms in total. The van der Waals surface area contributed by atoms with E-state index in [9.17, 15) is 19.7 Å². The molecule has 1 aliphatic rings. The number of rotatable bonds is 1. The highest BCUT2D eigenvalue weighted by molar-refractivity contribution is 6.36. The number of hydrogen-bond donors (Lipinski definition) is 0. The molecule has 0 atom stereocenters. The summed E-state index contributed by atoms with van der Waals surface area (Å²) in [5.41, 5.74) is -0.178. The van der Waals surface area contributed by atoms with Gasteiger partial charge in [0.2, 0.25) is 0 Å². The monoisotopic (exact) mass is 256 g/mol. The Bertz CT molecular complexity index is 887. The minimum absolute atomic E-state index is 0.0109. The van der Waals surface area contributed by atoms with Gasteiger partial charge in [-0.25, -0.2) is 15.0 Å². The first-order chi connectivity index (χ1) is 9.08. The predicted octanol–water partition coefficient (Wildman–Crippen LogP) is -0.551. The zero-order valence-corrected chi connectivity index (χ0v) is 9.23. The first kappa shape index (κ1) is 11.1. The number of carbonyl (C=O) groups excluding carboxylic acids is 2. The number of aromatic nitrogens is 1. The van der Waals surface area contributed by atoms with Gasteiger partial charge in [-0.2, -0.15) is 0 Å². The standard InChI is InChI=1S/C11H4N4O4/c16-10-11(17)14-8-5-2-1-3-12-9(5)7(15(18)19)4-6(8)13-10/h1-4H. The molecule has 0 bridgehead atoms. The number of benzene rings is 1. The molecule has 0 saturated heterocycles. The van der Waals surface area contributed by atoms with E-state index in [4.69, 9.17) is 0 Å². The summed E-state index contributed by atoms with van der Waals surface area (Å²) in [6.07, 6.45) is 1.40. The van der Waals surface area contributed by atoms with E-state index in [2.05, 4.69) is 15.0 Å². The highest BCUT2D eigenvalue weighted by atomic mass is 16.6. The van der Waals surface area contributed by atoms with Gasteiger partial charge < -0.3 is 0 Å². The lowest BCUT2D eigenvalue weighted by molar-refractivity contribution is -0.383. The van der Waals surface area contributed by atoms with E-state index in [0.29, 0.717) is 5.39 Å². The fourth-order valence-corrected chi connectivity index (χ4v) is 1.85. The second-order valence-corrected chi connectivity index (χ2v) is 3.75. The van der Waals surface area contributed by atoms with E-state index >= 15 is 0 Å². The van der Waals surface area contributed by atoms with E-state index in [1.165, 1.54) is 12.3 Å². The second-order valence-electron chi connectivity index (χ2n) is 3.75. The van der Waals surface area contributed by atoms with Crippen LogP contribution in [-0.4, -0.2) is 21.7 Å². The topological polar surface area (TPSA) is 115 Å². The third-order valence-electron chi connectivity index (χ3n) is 2.64. The van der Waals surface area contributed by atoms with Crippen molar-refractivity contribution >= 4 is 28.4 Å². The molecule has 0 unspecified atom stereocenters. The molecule has 0 N–H and O–H groups in total. The fourth-order valence-electron chi connectivity index (χ4n) is 1.85. The Morgan fingerprint density at radius 1 is 1.16 bits per heavy atom. The number of carbonyl (C=O) groups is 2. The second kappa shape index (κ2) is 3.73. The molecule has 19 heavy (non-hydrogen) atoms. The predicted molar refractivity (Wildman–Crippen MR) is 60.7 cm³/mol. The van der Waals surface area contributed by atoms with Gasteiger partial charge in [-0.05, 0) is 12.1 Å². The lowest BCUT2D eigenvalue weighted by Gasteiger charge is -2.02. The average molecular weight is 256 g/mol.